The van der Waals surface area contributed by atoms with E-state index in [2.05, 4.69) is 26.0 Å². The van der Waals surface area contributed by atoms with Crippen molar-refractivity contribution in [2.45, 2.75) is 40.0 Å². The summed E-state index contributed by atoms with van der Waals surface area (Å²) >= 11 is 0. The zero-order valence-electron chi connectivity index (χ0n) is 11.0. The smallest absolute Gasteiger partial charge is 0.123 e. The molecule has 0 spiro atoms. The first-order valence-electron chi connectivity index (χ1n) is 6.27. The third-order valence-corrected chi connectivity index (χ3v) is 2.77. The fourth-order valence-corrected chi connectivity index (χ4v) is 1.77. The Labute approximate surface area is 104 Å². The van der Waals surface area contributed by atoms with Crippen LogP contribution in [0.4, 0.5) is 0 Å². The van der Waals surface area contributed by atoms with E-state index in [4.69, 9.17) is 10.00 Å². The molecular formula is C15H21NO. The Morgan fingerprint density at radius 2 is 2.29 bits per heavy atom. The second kappa shape index (κ2) is 6.96. The fraction of sp³-hybridized carbons (Fsp3) is 0.533. The van der Waals surface area contributed by atoms with Gasteiger partial charge in [-0.25, -0.2) is 0 Å². The minimum atomic E-state index is 0.407. The van der Waals surface area contributed by atoms with E-state index in [1.807, 2.05) is 19.1 Å². The summed E-state index contributed by atoms with van der Waals surface area (Å²) in [4.78, 5) is 0. The van der Waals surface area contributed by atoms with Gasteiger partial charge in [-0.3, -0.25) is 0 Å². The standard InChI is InChI=1S/C15H21NO/c1-4-14-9-13(10-16)11-17-15(14)8-6-5-7-12(2)3/h4,8-9,12H,5-7,11H2,1-3H3/b14-4-,15-8+. The molecule has 0 amide bonds. The molecule has 0 atom stereocenters. The van der Waals surface area contributed by atoms with Crippen molar-refractivity contribution in [1.82, 2.24) is 0 Å². The van der Waals surface area contributed by atoms with Gasteiger partial charge in [0.15, 0.2) is 0 Å². The van der Waals surface area contributed by atoms with Crippen molar-refractivity contribution in [3.05, 3.63) is 35.1 Å². The lowest BCUT2D eigenvalue weighted by Gasteiger charge is -2.16. The van der Waals surface area contributed by atoms with Crippen LogP contribution in [0.2, 0.25) is 0 Å². The van der Waals surface area contributed by atoms with Crippen molar-refractivity contribution in [2.75, 3.05) is 6.61 Å². The molecule has 0 fully saturated rings. The second-order valence-corrected chi connectivity index (χ2v) is 4.71. The molecule has 0 aromatic rings. The Morgan fingerprint density at radius 3 is 2.88 bits per heavy atom. The molecule has 0 bridgehead atoms. The van der Waals surface area contributed by atoms with E-state index in [-0.39, 0.29) is 0 Å². The molecule has 0 radical (unpaired) electrons. The highest BCUT2D eigenvalue weighted by molar-refractivity contribution is 5.44. The highest BCUT2D eigenvalue weighted by Crippen LogP contribution is 2.22. The lowest BCUT2D eigenvalue weighted by atomic mass is 10.0. The van der Waals surface area contributed by atoms with Crippen LogP contribution in [0.15, 0.2) is 35.1 Å². The molecule has 1 aliphatic heterocycles. The van der Waals surface area contributed by atoms with Crippen LogP contribution < -0.4 is 0 Å². The highest BCUT2D eigenvalue weighted by Gasteiger charge is 2.12. The molecule has 0 aliphatic carbocycles. The summed E-state index contributed by atoms with van der Waals surface area (Å²) in [5, 5.41) is 8.82. The van der Waals surface area contributed by atoms with Crippen LogP contribution in [0.5, 0.6) is 0 Å². The van der Waals surface area contributed by atoms with Gasteiger partial charge >= 0.3 is 0 Å². The van der Waals surface area contributed by atoms with Gasteiger partial charge in [0.2, 0.25) is 0 Å². The minimum Gasteiger partial charge on any atom is -0.488 e. The molecule has 0 aromatic heterocycles. The third-order valence-electron chi connectivity index (χ3n) is 2.77. The van der Waals surface area contributed by atoms with Crippen LogP contribution in [-0.2, 0) is 4.74 Å². The summed E-state index contributed by atoms with van der Waals surface area (Å²) in [6.07, 6.45) is 9.52. The van der Waals surface area contributed by atoms with Gasteiger partial charge in [-0.05, 0) is 37.8 Å². The number of rotatable bonds is 4. The maximum Gasteiger partial charge on any atom is 0.123 e. The normalized spacial score (nSPS) is 20.3. The number of hydrogen-bond donors (Lipinski definition) is 0. The van der Waals surface area contributed by atoms with E-state index >= 15 is 0 Å². The quantitative estimate of drug-likeness (QED) is 0.682. The molecule has 17 heavy (non-hydrogen) atoms. The molecule has 0 saturated carbocycles. The van der Waals surface area contributed by atoms with Crippen LogP contribution in [0, 0.1) is 17.2 Å². The van der Waals surface area contributed by atoms with E-state index < -0.39 is 0 Å². The predicted octanol–water partition coefficient (Wildman–Crippen LogP) is 4.12. The van der Waals surface area contributed by atoms with Crippen molar-refractivity contribution in [3.8, 4) is 6.07 Å². The monoisotopic (exact) mass is 231 g/mol. The Kier molecular flexibility index (Phi) is 5.56. The molecule has 1 aliphatic rings. The van der Waals surface area contributed by atoms with Gasteiger partial charge in [0.1, 0.15) is 12.4 Å². The molecular weight excluding hydrogens is 210 g/mol. The van der Waals surface area contributed by atoms with Crippen molar-refractivity contribution in [1.29, 1.82) is 5.26 Å². The van der Waals surface area contributed by atoms with Crippen LogP contribution in [0.3, 0.4) is 0 Å². The van der Waals surface area contributed by atoms with Crippen molar-refractivity contribution in [3.63, 3.8) is 0 Å². The van der Waals surface area contributed by atoms with E-state index in [0.717, 1.165) is 23.7 Å². The van der Waals surface area contributed by atoms with Gasteiger partial charge in [0, 0.05) is 5.57 Å². The lowest BCUT2D eigenvalue weighted by Crippen LogP contribution is -2.06. The average molecular weight is 231 g/mol. The fourth-order valence-electron chi connectivity index (χ4n) is 1.77. The van der Waals surface area contributed by atoms with E-state index in [1.54, 1.807) is 0 Å². The zero-order chi connectivity index (χ0) is 12.7. The third kappa shape index (κ3) is 4.48. The summed E-state index contributed by atoms with van der Waals surface area (Å²) < 4.78 is 5.59. The molecule has 0 aromatic carbocycles. The summed E-state index contributed by atoms with van der Waals surface area (Å²) in [5.41, 5.74) is 1.72. The Bertz CT molecular complexity index is 380. The first kappa shape index (κ1) is 13.6. The van der Waals surface area contributed by atoms with E-state index in [0.29, 0.717) is 12.2 Å². The van der Waals surface area contributed by atoms with Crippen molar-refractivity contribution in [2.24, 2.45) is 5.92 Å². The molecule has 2 heteroatoms. The number of unbranched alkanes of at least 4 members (excludes halogenated alkanes) is 1. The van der Waals surface area contributed by atoms with Crippen molar-refractivity contribution < 1.29 is 4.74 Å². The number of hydrogen-bond acceptors (Lipinski definition) is 2. The van der Waals surface area contributed by atoms with Crippen LogP contribution >= 0.6 is 0 Å². The molecule has 1 rings (SSSR count). The molecule has 92 valence electrons. The van der Waals surface area contributed by atoms with E-state index in [1.165, 1.54) is 12.8 Å². The van der Waals surface area contributed by atoms with Gasteiger partial charge in [0.25, 0.3) is 0 Å². The van der Waals surface area contributed by atoms with Gasteiger partial charge in [-0.2, -0.15) is 5.26 Å². The maximum atomic E-state index is 8.82. The Balaban J connectivity index is 2.58. The lowest BCUT2D eigenvalue weighted by molar-refractivity contribution is 0.244. The Morgan fingerprint density at radius 1 is 1.53 bits per heavy atom. The number of nitrogens with zero attached hydrogens (tertiary/aromatic N) is 1. The summed E-state index contributed by atoms with van der Waals surface area (Å²) in [7, 11) is 0. The molecule has 2 nitrogen and oxygen atoms in total. The van der Waals surface area contributed by atoms with Gasteiger partial charge < -0.3 is 4.74 Å². The number of allylic oxidation sites excluding steroid dienone is 3. The van der Waals surface area contributed by atoms with Crippen molar-refractivity contribution >= 4 is 0 Å². The summed E-state index contributed by atoms with van der Waals surface area (Å²) in [5.74, 6) is 1.68. The number of ether oxygens (including phenoxy) is 1. The topological polar surface area (TPSA) is 33.0 Å². The van der Waals surface area contributed by atoms with E-state index in [9.17, 15) is 0 Å². The first-order chi connectivity index (χ1) is 8.17. The summed E-state index contributed by atoms with van der Waals surface area (Å²) in [6, 6.07) is 2.14. The zero-order valence-corrected chi connectivity index (χ0v) is 11.0. The molecule has 0 saturated heterocycles. The van der Waals surface area contributed by atoms with Crippen LogP contribution in [-0.4, -0.2) is 6.61 Å². The molecule has 1 heterocycles. The number of nitriles is 1. The molecule has 0 unspecified atom stereocenters. The van der Waals surface area contributed by atoms with Gasteiger partial charge in [-0.1, -0.05) is 26.3 Å². The largest absolute Gasteiger partial charge is 0.488 e. The summed E-state index contributed by atoms with van der Waals surface area (Å²) in [6.45, 7) is 6.86. The van der Waals surface area contributed by atoms with Crippen LogP contribution in [0.25, 0.3) is 0 Å². The van der Waals surface area contributed by atoms with Gasteiger partial charge in [-0.15, -0.1) is 0 Å². The minimum absolute atomic E-state index is 0.407. The van der Waals surface area contributed by atoms with Crippen LogP contribution in [0.1, 0.15) is 40.0 Å². The second-order valence-electron chi connectivity index (χ2n) is 4.71. The maximum absolute atomic E-state index is 8.82. The first-order valence-corrected chi connectivity index (χ1v) is 6.27. The molecule has 0 N–H and O–H groups in total. The SMILES string of the molecule is C/C=C1/C=C(C#N)CO/C1=C/CCCC(C)C. The average Bonchev–Trinajstić information content (AvgIpc) is 2.34. The predicted molar refractivity (Wildman–Crippen MR) is 70.2 cm³/mol. The van der Waals surface area contributed by atoms with Gasteiger partial charge in [0.05, 0.1) is 11.6 Å². The Hall–Kier alpha value is -1.49. The highest BCUT2D eigenvalue weighted by atomic mass is 16.5.